The first-order chi connectivity index (χ1) is 8.10. The number of rotatable bonds is 2. The van der Waals surface area contributed by atoms with Crippen LogP contribution in [-0.4, -0.2) is 9.97 Å². The first-order valence-electron chi connectivity index (χ1n) is 4.88. The molecule has 0 radical (unpaired) electrons. The Morgan fingerprint density at radius 2 is 2.06 bits per heavy atom. The number of anilines is 1. The lowest BCUT2D eigenvalue weighted by Gasteiger charge is -2.06. The highest BCUT2D eigenvalue weighted by Gasteiger charge is 2.06. The Kier molecular flexibility index (Phi) is 3.21. The number of nitrogens with two attached hydrogens (primary N) is 1. The van der Waals surface area contributed by atoms with Crippen molar-refractivity contribution in [1.82, 2.24) is 9.97 Å². The summed E-state index contributed by atoms with van der Waals surface area (Å²) in [5, 5.41) is 0.0565. The van der Waals surface area contributed by atoms with Crippen LogP contribution in [-0.2, 0) is 0 Å². The van der Waals surface area contributed by atoms with Gasteiger partial charge in [0.1, 0.15) is 5.82 Å². The molecule has 0 aliphatic rings. The number of benzene rings is 1. The third-order valence-corrected chi connectivity index (χ3v) is 2.49. The van der Waals surface area contributed by atoms with Gasteiger partial charge in [0.2, 0.25) is 5.95 Å². The molecule has 0 amide bonds. The van der Waals surface area contributed by atoms with E-state index in [0.717, 1.165) is 5.69 Å². The lowest BCUT2D eigenvalue weighted by Crippen LogP contribution is -2.11. The number of aryl methyl sites for hydroxylation is 1. The predicted molar refractivity (Wildman–Crippen MR) is 65.0 cm³/mol. The van der Waals surface area contributed by atoms with Crippen LogP contribution in [0.2, 0.25) is 5.02 Å². The van der Waals surface area contributed by atoms with Crippen LogP contribution in [0.15, 0.2) is 24.3 Å². The van der Waals surface area contributed by atoms with E-state index >= 15 is 0 Å². The Hall–Kier alpha value is -1.72. The van der Waals surface area contributed by atoms with Crippen LogP contribution in [0, 0.1) is 12.7 Å². The number of aromatic nitrogens is 2. The second-order valence-corrected chi connectivity index (χ2v) is 3.90. The first kappa shape index (κ1) is 11.8. The Morgan fingerprint density at radius 3 is 2.71 bits per heavy atom. The van der Waals surface area contributed by atoms with Gasteiger partial charge < -0.3 is 0 Å². The average molecular weight is 253 g/mol. The van der Waals surface area contributed by atoms with Crippen LogP contribution in [0.25, 0.3) is 11.3 Å². The summed E-state index contributed by atoms with van der Waals surface area (Å²) in [6.07, 6.45) is 0. The summed E-state index contributed by atoms with van der Waals surface area (Å²) >= 11 is 5.72. The molecule has 3 N–H and O–H groups in total. The van der Waals surface area contributed by atoms with E-state index in [-0.39, 0.29) is 5.02 Å². The van der Waals surface area contributed by atoms with E-state index in [9.17, 15) is 4.39 Å². The van der Waals surface area contributed by atoms with Gasteiger partial charge in [-0.15, -0.1) is 0 Å². The molecular formula is C11H10ClFN4. The Morgan fingerprint density at radius 1 is 1.29 bits per heavy atom. The number of hydrazine groups is 1. The SMILES string of the molecule is Cc1cc(-c2ccc(F)c(Cl)c2)nc(NN)n1. The van der Waals surface area contributed by atoms with Gasteiger partial charge in [0.25, 0.3) is 0 Å². The summed E-state index contributed by atoms with van der Waals surface area (Å²) in [5.41, 5.74) is 4.47. The summed E-state index contributed by atoms with van der Waals surface area (Å²) in [5.74, 6) is 5.10. The van der Waals surface area contributed by atoms with Gasteiger partial charge in [0, 0.05) is 11.3 Å². The second-order valence-electron chi connectivity index (χ2n) is 3.49. The van der Waals surface area contributed by atoms with Crippen LogP contribution >= 0.6 is 11.6 Å². The predicted octanol–water partition coefficient (Wildman–Crippen LogP) is 2.53. The molecule has 0 bridgehead atoms. The number of nitrogens with one attached hydrogen (secondary N) is 1. The molecule has 2 aromatic rings. The van der Waals surface area contributed by atoms with Crippen molar-refractivity contribution >= 4 is 17.5 Å². The molecule has 0 aliphatic heterocycles. The molecule has 0 aliphatic carbocycles. The molecule has 0 spiro atoms. The second kappa shape index (κ2) is 4.65. The van der Waals surface area contributed by atoms with Crippen molar-refractivity contribution in [3.05, 3.63) is 40.8 Å². The minimum atomic E-state index is -0.460. The number of nitrogen functional groups attached to an aromatic ring is 1. The van der Waals surface area contributed by atoms with Gasteiger partial charge in [-0.05, 0) is 31.2 Å². The molecule has 4 nitrogen and oxygen atoms in total. The summed E-state index contributed by atoms with van der Waals surface area (Å²) < 4.78 is 13.0. The number of nitrogens with zero attached hydrogens (tertiary/aromatic N) is 2. The molecule has 2 rings (SSSR count). The standard InChI is InChI=1S/C11H10ClFN4/c1-6-4-10(16-11(15-6)17-14)7-2-3-9(13)8(12)5-7/h2-5H,14H2,1H3,(H,15,16,17). The molecule has 0 saturated carbocycles. The Labute approximate surface area is 103 Å². The fraction of sp³-hybridized carbons (Fsp3) is 0.0909. The van der Waals surface area contributed by atoms with Crippen LogP contribution in [0.5, 0.6) is 0 Å². The van der Waals surface area contributed by atoms with E-state index in [2.05, 4.69) is 15.4 Å². The molecule has 88 valence electrons. The Bertz CT molecular complexity index is 559. The summed E-state index contributed by atoms with van der Waals surface area (Å²) in [4.78, 5) is 8.23. The smallest absolute Gasteiger partial charge is 0.237 e. The summed E-state index contributed by atoms with van der Waals surface area (Å²) in [6, 6.07) is 6.18. The van der Waals surface area contributed by atoms with E-state index in [0.29, 0.717) is 17.2 Å². The number of hydrogen-bond donors (Lipinski definition) is 2. The summed E-state index contributed by atoms with van der Waals surface area (Å²) in [6.45, 7) is 1.82. The van der Waals surface area contributed by atoms with Crippen LogP contribution < -0.4 is 11.3 Å². The van der Waals surface area contributed by atoms with Crippen LogP contribution in [0.4, 0.5) is 10.3 Å². The van der Waals surface area contributed by atoms with Gasteiger partial charge in [0.15, 0.2) is 0 Å². The number of hydrogen-bond acceptors (Lipinski definition) is 4. The fourth-order valence-electron chi connectivity index (χ4n) is 1.44. The van der Waals surface area contributed by atoms with Crippen LogP contribution in [0.3, 0.4) is 0 Å². The number of halogens is 2. The van der Waals surface area contributed by atoms with Crippen LogP contribution in [0.1, 0.15) is 5.69 Å². The summed E-state index contributed by atoms with van der Waals surface area (Å²) in [7, 11) is 0. The fourth-order valence-corrected chi connectivity index (χ4v) is 1.62. The molecule has 17 heavy (non-hydrogen) atoms. The zero-order valence-electron chi connectivity index (χ0n) is 9.04. The molecule has 6 heteroatoms. The zero-order chi connectivity index (χ0) is 12.4. The highest BCUT2D eigenvalue weighted by Crippen LogP contribution is 2.24. The van der Waals surface area contributed by atoms with Gasteiger partial charge in [-0.3, -0.25) is 5.43 Å². The van der Waals surface area contributed by atoms with Crippen molar-refractivity contribution in [2.24, 2.45) is 5.84 Å². The van der Waals surface area contributed by atoms with Crippen molar-refractivity contribution in [2.75, 3.05) is 5.43 Å². The zero-order valence-corrected chi connectivity index (χ0v) is 9.79. The highest BCUT2D eigenvalue weighted by atomic mass is 35.5. The van der Waals surface area contributed by atoms with Crippen molar-refractivity contribution in [3.8, 4) is 11.3 Å². The normalized spacial score (nSPS) is 10.4. The minimum absolute atomic E-state index is 0.0565. The monoisotopic (exact) mass is 252 g/mol. The van der Waals surface area contributed by atoms with Crippen molar-refractivity contribution in [1.29, 1.82) is 0 Å². The molecule has 0 fully saturated rings. The molecule has 0 saturated heterocycles. The molecule has 1 heterocycles. The molecule has 1 aromatic carbocycles. The molecular weight excluding hydrogens is 243 g/mol. The first-order valence-corrected chi connectivity index (χ1v) is 5.25. The average Bonchev–Trinajstić information content (AvgIpc) is 2.32. The van der Waals surface area contributed by atoms with Crippen molar-refractivity contribution in [2.45, 2.75) is 6.92 Å². The van der Waals surface area contributed by atoms with E-state index in [1.807, 2.05) is 6.92 Å². The maximum atomic E-state index is 13.0. The largest absolute Gasteiger partial charge is 0.292 e. The van der Waals surface area contributed by atoms with Crippen molar-refractivity contribution in [3.63, 3.8) is 0 Å². The third kappa shape index (κ3) is 2.51. The van der Waals surface area contributed by atoms with Gasteiger partial charge in [-0.2, -0.15) is 0 Å². The van der Waals surface area contributed by atoms with Gasteiger partial charge in [0.05, 0.1) is 10.7 Å². The topological polar surface area (TPSA) is 63.8 Å². The van der Waals surface area contributed by atoms with Crippen molar-refractivity contribution < 1.29 is 4.39 Å². The third-order valence-electron chi connectivity index (χ3n) is 2.20. The Balaban J connectivity index is 2.52. The highest BCUT2D eigenvalue weighted by molar-refractivity contribution is 6.31. The minimum Gasteiger partial charge on any atom is -0.292 e. The van der Waals surface area contributed by atoms with E-state index < -0.39 is 5.82 Å². The maximum absolute atomic E-state index is 13.0. The molecule has 0 unspecified atom stereocenters. The van der Waals surface area contributed by atoms with Gasteiger partial charge in [-0.1, -0.05) is 11.6 Å². The lowest BCUT2D eigenvalue weighted by molar-refractivity contribution is 0.628. The van der Waals surface area contributed by atoms with Gasteiger partial charge in [-0.25, -0.2) is 20.2 Å². The molecule has 1 aromatic heterocycles. The maximum Gasteiger partial charge on any atom is 0.237 e. The van der Waals surface area contributed by atoms with Gasteiger partial charge >= 0.3 is 0 Å². The van der Waals surface area contributed by atoms with E-state index in [1.165, 1.54) is 12.1 Å². The van der Waals surface area contributed by atoms with E-state index in [4.69, 9.17) is 17.4 Å². The molecule has 0 atom stereocenters. The van der Waals surface area contributed by atoms with E-state index in [1.54, 1.807) is 12.1 Å². The quantitative estimate of drug-likeness (QED) is 0.637. The lowest BCUT2D eigenvalue weighted by atomic mass is 10.1.